The lowest BCUT2D eigenvalue weighted by Crippen LogP contribution is -2.17. The van der Waals surface area contributed by atoms with E-state index in [1.807, 2.05) is 24.3 Å². The average Bonchev–Trinajstić information content (AvgIpc) is 2.37. The molecule has 104 valence electrons. The number of nitrogen functional groups attached to an aromatic ring is 1. The molecule has 0 aliphatic rings. The SMILES string of the molecule is CC(C)(C)c1ccccc1C(=O)c1ccc(N)cc1Cl. The second-order valence-electron chi connectivity index (χ2n) is 5.86. The van der Waals surface area contributed by atoms with Gasteiger partial charge in [-0.3, -0.25) is 4.79 Å². The van der Waals surface area contributed by atoms with E-state index in [0.717, 1.165) is 5.56 Å². The van der Waals surface area contributed by atoms with Crippen LogP contribution in [0.3, 0.4) is 0 Å². The van der Waals surface area contributed by atoms with Crippen molar-refractivity contribution < 1.29 is 4.79 Å². The monoisotopic (exact) mass is 287 g/mol. The molecule has 0 saturated carbocycles. The van der Waals surface area contributed by atoms with E-state index in [1.54, 1.807) is 18.2 Å². The zero-order valence-electron chi connectivity index (χ0n) is 11.9. The summed E-state index contributed by atoms with van der Waals surface area (Å²) in [6.45, 7) is 6.26. The molecule has 0 radical (unpaired) electrons. The van der Waals surface area contributed by atoms with Crippen LogP contribution in [0.5, 0.6) is 0 Å². The first-order chi connectivity index (χ1) is 9.30. The number of rotatable bonds is 2. The van der Waals surface area contributed by atoms with Gasteiger partial charge in [0.2, 0.25) is 0 Å². The Morgan fingerprint density at radius 2 is 1.70 bits per heavy atom. The summed E-state index contributed by atoms with van der Waals surface area (Å²) in [5, 5.41) is 0.388. The van der Waals surface area contributed by atoms with Crippen LogP contribution in [0.4, 0.5) is 5.69 Å². The number of ketones is 1. The summed E-state index contributed by atoms with van der Waals surface area (Å²) in [4.78, 5) is 12.7. The van der Waals surface area contributed by atoms with Gasteiger partial charge in [0, 0.05) is 16.8 Å². The largest absolute Gasteiger partial charge is 0.399 e. The highest BCUT2D eigenvalue weighted by Crippen LogP contribution is 2.29. The highest BCUT2D eigenvalue weighted by atomic mass is 35.5. The van der Waals surface area contributed by atoms with Crippen LogP contribution in [0, 0.1) is 0 Å². The summed E-state index contributed by atoms with van der Waals surface area (Å²) in [6.07, 6.45) is 0. The van der Waals surface area contributed by atoms with Gasteiger partial charge in [-0.05, 0) is 29.2 Å². The highest BCUT2D eigenvalue weighted by molar-refractivity contribution is 6.35. The fraction of sp³-hybridized carbons (Fsp3) is 0.235. The fourth-order valence-electron chi connectivity index (χ4n) is 2.20. The number of anilines is 1. The second-order valence-corrected chi connectivity index (χ2v) is 6.27. The zero-order chi connectivity index (χ0) is 14.9. The third-order valence-electron chi connectivity index (χ3n) is 3.22. The molecular weight excluding hydrogens is 270 g/mol. The van der Waals surface area contributed by atoms with Crippen LogP contribution in [0.25, 0.3) is 0 Å². The molecule has 0 heterocycles. The van der Waals surface area contributed by atoms with E-state index in [0.29, 0.717) is 21.8 Å². The molecule has 2 aromatic rings. The standard InChI is InChI=1S/C17H18ClNO/c1-17(2,3)14-7-5-4-6-12(14)16(20)13-9-8-11(19)10-15(13)18/h4-10H,19H2,1-3H3. The molecular formula is C17H18ClNO. The van der Waals surface area contributed by atoms with Crippen molar-refractivity contribution in [1.82, 2.24) is 0 Å². The normalized spacial score (nSPS) is 11.4. The van der Waals surface area contributed by atoms with Gasteiger partial charge in [0.1, 0.15) is 0 Å². The van der Waals surface area contributed by atoms with Gasteiger partial charge in [-0.1, -0.05) is 56.6 Å². The predicted octanol–water partition coefficient (Wildman–Crippen LogP) is 4.45. The number of benzene rings is 2. The van der Waals surface area contributed by atoms with Crippen LogP contribution in [0.1, 0.15) is 42.3 Å². The molecule has 0 aromatic heterocycles. The van der Waals surface area contributed by atoms with Crippen LogP contribution in [0.2, 0.25) is 5.02 Å². The van der Waals surface area contributed by atoms with E-state index in [2.05, 4.69) is 20.8 Å². The number of carbonyl (C=O) groups excluding carboxylic acids is 1. The quantitative estimate of drug-likeness (QED) is 0.655. The van der Waals surface area contributed by atoms with Gasteiger partial charge in [0.05, 0.1) is 5.02 Å². The fourth-order valence-corrected chi connectivity index (χ4v) is 2.47. The lowest BCUT2D eigenvalue weighted by Gasteiger charge is -2.22. The van der Waals surface area contributed by atoms with Crippen LogP contribution in [-0.2, 0) is 5.41 Å². The Morgan fingerprint density at radius 3 is 2.30 bits per heavy atom. The molecule has 0 fully saturated rings. The first kappa shape index (κ1) is 14.6. The zero-order valence-corrected chi connectivity index (χ0v) is 12.7. The predicted molar refractivity (Wildman–Crippen MR) is 84.4 cm³/mol. The Morgan fingerprint density at radius 1 is 1.05 bits per heavy atom. The molecule has 0 aliphatic carbocycles. The molecule has 0 bridgehead atoms. The van der Waals surface area contributed by atoms with Gasteiger partial charge in [-0.15, -0.1) is 0 Å². The van der Waals surface area contributed by atoms with E-state index >= 15 is 0 Å². The van der Waals surface area contributed by atoms with Crippen molar-refractivity contribution in [2.24, 2.45) is 0 Å². The summed E-state index contributed by atoms with van der Waals surface area (Å²) < 4.78 is 0. The van der Waals surface area contributed by atoms with Crippen LogP contribution < -0.4 is 5.73 Å². The summed E-state index contributed by atoms with van der Waals surface area (Å²) in [5.74, 6) is -0.0690. The maximum atomic E-state index is 12.7. The lowest BCUT2D eigenvalue weighted by atomic mass is 9.82. The van der Waals surface area contributed by atoms with E-state index < -0.39 is 0 Å². The van der Waals surface area contributed by atoms with Gasteiger partial charge in [-0.2, -0.15) is 0 Å². The lowest BCUT2D eigenvalue weighted by molar-refractivity contribution is 0.103. The van der Waals surface area contributed by atoms with Crippen LogP contribution >= 0.6 is 11.6 Å². The smallest absolute Gasteiger partial charge is 0.194 e. The Labute approximate surface area is 124 Å². The summed E-state index contributed by atoms with van der Waals surface area (Å²) >= 11 is 6.14. The third kappa shape index (κ3) is 2.86. The topological polar surface area (TPSA) is 43.1 Å². The van der Waals surface area contributed by atoms with E-state index in [1.165, 1.54) is 0 Å². The van der Waals surface area contributed by atoms with Crippen LogP contribution in [-0.4, -0.2) is 5.78 Å². The maximum Gasteiger partial charge on any atom is 0.194 e. The number of carbonyl (C=O) groups is 1. The molecule has 20 heavy (non-hydrogen) atoms. The Balaban J connectivity index is 2.55. The molecule has 2 aromatic carbocycles. The minimum absolute atomic E-state index is 0.0690. The second kappa shape index (κ2) is 5.29. The molecule has 0 amide bonds. The van der Waals surface area contributed by atoms with Crippen LogP contribution in [0.15, 0.2) is 42.5 Å². The molecule has 0 unspecified atom stereocenters. The van der Waals surface area contributed by atoms with Crippen molar-refractivity contribution in [2.75, 3.05) is 5.73 Å². The molecule has 0 aliphatic heterocycles. The highest BCUT2D eigenvalue weighted by Gasteiger charge is 2.23. The Bertz CT molecular complexity index is 656. The molecule has 3 heteroatoms. The van der Waals surface area contributed by atoms with Crippen molar-refractivity contribution in [3.8, 4) is 0 Å². The van der Waals surface area contributed by atoms with Crippen molar-refractivity contribution in [3.63, 3.8) is 0 Å². The molecule has 0 saturated heterocycles. The number of hydrogen-bond acceptors (Lipinski definition) is 2. The summed E-state index contributed by atoms with van der Waals surface area (Å²) in [6, 6.07) is 12.6. The molecule has 0 atom stereocenters. The number of nitrogens with two attached hydrogens (primary N) is 1. The van der Waals surface area contributed by atoms with Crippen molar-refractivity contribution in [1.29, 1.82) is 0 Å². The first-order valence-electron chi connectivity index (χ1n) is 6.50. The van der Waals surface area contributed by atoms with Crippen molar-refractivity contribution in [3.05, 3.63) is 64.2 Å². The van der Waals surface area contributed by atoms with E-state index in [9.17, 15) is 4.79 Å². The summed E-state index contributed by atoms with van der Waals surface area (Å²) in [5.41, 5.74) is 8.30. The molecule has 2 N–H and O–H groups in total. The minimum atomic E-state index is -0.105. The van der Waals surface area contributed by atoms with Gasteiger partial charge in [0.15, 0.2) is 5.78 Å². The minimum Gasteiger partial charge on any atom is -0.399 e. The molecule has 0 spiro atoms. The Hall–Kier alpha value is -1.80. The Kier molecular flexibility index (Phi) is 3.87. The van der Waals surface area contributed by atoms with Gasteiger partial charge < -0.3 is 5.73 Å². The van der Waals surface area contributed by atoms with Gasteiger partial charge in [0.25, 0.3) is 0 Å². The third-order valence-corrected chi connectivity index (χ3v) is 3.53. The maximum absolute atomic E-state index is 12.7. The number of hydrogen-bond donors (Lipinski definition) is 1. The summed E-state index contributed by atoms with van der Waals surface area (Å²) in [7, 11) is 0. The van der Waals surface area contributed by atoms with E-state index in [4.69, 9.17) is 17.3 Å². The number of halogens is 1. The first-order valence-corrected chi connectivity index (χ1v) is 6.88. The van der Waals surface area contributed by atoms with Crippen molar-refractivity contribution >= 4 is 23.1 Å². The van der Waals surface area contributed by atoms with Crippen molar-refractivity contribution in [2.45, 2.75) is 26.2 Å². The molecule has 2 nitrogen and oxygen atoms in total. The van der Waals surface area contributed by atoms with Gasteiger partial charge in [-0.25, -0.2) is 0 Å². The molecule has 2 rings (SSSR count). The average molecular weight is 288 g/mol. The van der Waals surface area contributed by atoms with E-state index in [-0.39, 0.29) is 11.2 Å². The van der Waals surface area contributed by atoms with Gasteiger partial charge >= 0.3 is 0 Å².